The van der Waals surface area contributed by atoms with Gasteiger partial charge in [0.25, 0.3) is 0 Å². The van der Waals surface area contributed by atoms with Gasteiger partial charge in [0, 0.05) is 30.2 Å². The molecule has 1 aliphatic heterocycles. The Bertz CT molecular complexity index is 1020. The van der Waals surface area contributed by atoms with Gasteiger partial charge in [-0.2, -0.15) is 0 Å². The molecular formula is C26H30Cl2N2O2. The molecule has 0 aromatic heterocycles. The first-order valence-corrected chi connectivity index (χ1v) is 12.6. The Kier molecular flexibility index (Phi) is 6.02. The second-order valence-electron chi connectivity index (χ2n) is 9.42. The van der Waals surface area contributed by atoms with Crippen LogP contribution in [0, 0.1) is 5.41 Å². The molecule has 5 rings (SSSR count). The number of amides is 1. The van der Waals surface area contributed by atoms with Crippen molar-refractivity contribution < 1.29 is 9.53 Å². The Morgan fingerprint density at radius 1 is 1.09 bits per heavy atom. The summed E-state index contributed by atoms with van der Waals surface area (Å²) in [5.41, 5.74) is 2.80. The van der Waals surface area contributed by atoms with Crippen LogP contribution in [0.4, 0.5) is 11.4 Å². The number of unbranched alkanes of at least 4 members (excludes halogenated alkanes) is 1. The number of carbonyl (C=O) groups is 1. The van der Waals surface area contributed by atoms with E-state index in [-0.39, 0.29) is 5.91 Å². The van der Waals surface area contributed by atoms with Crippen molar-refractivity contribution in [3.8, 4) is 5.75 Å². The Hall–Kier alpha value is -1.91. The maximum atomic E-state index is 13.7. The molecule has 0 saturated heterocycles. The number of halogens is 2. The Morgan fingerprint density at radius 2 is 1.84 bits per heavy atom. The quantitative estimate of drug-likeness (QED) is 0.438. The van der Waals surface area contributed by atoms with Crippen molar-refractivity contribution in [2.75, 3.05) is 29.5 Å². The summed E-state index contributed by atoms with van der Waals surface area (Å²) >= 11 is 13.0. The van der Waals surface area contributed by atoms with Gasteiger partial charge in [0.05, 0.1) is 21.8 Å². The van der Waals surface area contributed by atoms with Crippen LogP contribution in [0.3, 0.4) is 0 Å². The van der Waals surface area contributed by atoms with Crippen molar-refractivity contribution in [3.63, 3.8) is 0 Å². The smallest absolute Gasteiger partial charge is 0.236 e. The Balaban J connectivity index is 1.30. The first kappa shape index (κ1) is 21.9. The summed E-state index contributed by atoms with van der Waals surface area (Å²) in [5, 5.41) is 1.24. The summed E-state index contributed by atoms with van der Waals surface area (Å²) < 4.78 is 6.10. The van der Waals surface area contributed by atoms with Crippen LogP contribution in [-0.4, -0.2) is 31.6 Å². The first-order chi connectivity index (χ1) is 15.5. The van der Waals surface area contributed by atoms with Crippen LogP contribution >= 0.6 is 23.2 Å². The number of hydrogen-bond acceptors (Lipinski definition) is 3. The summed E-state index contributed by atoms with van der Waals surface area (Å²) in [6, 6.07) is 12.7. The lowest BCUT2D eigenvalue weighted by molar-refractivity contribution is -0.124. The van der Waals surface area contributed by atoms with Crippen LogP contribution in [-0.2, 0) is 11.2 Å². The number of rotatable bonds is 8. The maximum Gasteiger partial charge on any atom is 0.236 e. The summed E-state index contributed by atoms with van der Waals surface area (Å²) in [6.45, 7) is 4.11. The number of benzene rings is 2. The van der Waals surface area contributed by atoms with Crippen molar-refractivity contribution in [1.29, 1.82) is 0 Å². The number of aryl methyl sites for hydroxylation is 1. The van der Waals surface area contributed by atoms with Crippen molar-refractivity contribution in [3.05, 3.63) is 52.0 Å². The van der Waals surface area contributed by atoms with E-state index in [9.17, 15) is 4.79 Å². The van der Waals surface area contributed by atoms with Crippen LogP contribution in [0.15, 0.2) is 36.4 Å². The van der Waals surface area contributed by atoms with E-state index in [2.05, 4.69) is 30.0 Å². The average molecular weight is 473 g/mol. The van der Waals surface area contributed by atoms with Crippen LogP contribution < -0.4 is 14.5 Å². The molecule has 0 radical (unpaired) electrons. The minimum Gasteiger partial charge on any atom is -0.491 e. The highest BCUT2D eigenvalue weighted by Crippen LogP contribution is 2.50. The summed E-state index contributed by atoms with van der Waals surface area (Å²) in [4.78, 5) is 18.1. The average Bonchev–Trinajstić information content (AvgIpc) is 3.72. The highest BCUT2D eigenvalue weighted by molar-refractivity contribution is 6.34. The number of fused-ring (bicyclic) bond motifs is 1. The van der Waals surface area contributed by atoms with E-state index < -0.39 is 5.41 Å². The predicted molar refractivity (Wildman–Crippen MR) is 131 cm³/mol. The largest absolute Gasteiger partial charge is 0.491 e. The zero-order valence-corrected chi connectivity index (χ0v) is 20.1. The molecule has 0 N–H and O–H groups in total. The lowest BCUT2D eigenvalue weighted by atomic mass is 10.0. The molecule has 0 spiro atoms. The van der Waals surface area contributed by atoms with Gasteiger partial charge in [-0.15, -0.1) is 0 Å². The molecule has 32 heavy (non-hydrogen) atoms. The molecule has 0 bridgehead atoms. The van der Waals surface area contributed by atoms with E-state index in [0.717, 1.165) is 56.4 Å². The summed E-state index contributed by atoms with van der Waals surface area (Å²) in [5.74, 6) is 0.733. The molecule has 6 heteroatoms. The zero-order valence-electron chi connectivity index (χ0n) is 18.6. The second-order valence-corrected chi connectivity index (χ2v) is 10.2. The Morgan fingerprint density at radius 3 is 2.53 bits per heavy atom. The van der Waals surface area contributed by atoms with Crippen LogP contribution in [0.25, 0.3) is 0 Å². The SMILES string of the molecule is CCCCc1cc(Cl)c(OCC2(C(=O)N3CCN(C4CC4)c4ccccc43)CC2)cc1Cl. The number of hydrogen-bond donors (Lipinski definition) is 0. The standard InChI is InChI=1S/C26H30Cl2N2O2/c1-2-3-6-18-15-21(28)24(16-20(18)27)32-17-26(11-12-26)25(31)30-14-13-29(19-9-10-19)22-7-4-5-8-23(22)30/h4-5,7-8,15-16,19H,2-3,6,9-14,17H2,1H3. The van der Waals surface area contributed by atoms with Gasteiger partial charge in [-0.05, 0) is 62.3 Å². The fraction of sp³-hybridized carbons (Fsp3) is 0.500. The van der Waals surface area contributed by atoms with Crippen LogP contribution in [0.1, 0.15) is 51.0 Å². The van der Waals surface area contributed by atoms with Gasteiger partial charge in [0.2, 0.25) is 5.91 Å². The molecule has 170 valence electrons. The highest BCUT2D eigenvalue weighted by atomic mass is 35.5. The molecule has 2 saturated carbocycles. The predicted octanol–water partition coefficient (Wildman–Crippen LogP) is 6.51. The van der Waals surface area contributed by atoms with Gasteiger partial charge >= 0.3 is 0 Å². The molecule has 0 unspecified atom stereocenters. The number of carbonyl (C=O) groups excluding carboxylic acids is 1. The molecule has 1 amide bonds. The van der Waals surface area contributed by atoms with Crippen molar-refractivity contribution in [2.45, 2.75) is 57.9 Å². The van der Waals surface area contributed by atoms with Gasteiger partial charge in [0.15, 0.2) is 0 Å². The lowest BCUT2D eigenvalue weighted by Gasteiger charge is -2.39. The van der Waals surface area contributed by atoms with Gasteiger partial charge in [-0.3, -0.25) is 4.79 Å². The number of nitrogens with zero attached hydrogens (tertiary/aromatic N) is 2. The van der Waals surface area contributed by atoms with E-state index in [4.69, 9.17) is 27.9 Å². The van der Waals surface area contributed by atoms with Crippen LogP contribution in [0.5, 0.6) is 5.75 Å². The third kappa shape index (κ3) is 4.20. The molecule has 1 heterocycles. The number of para-hydroxylation sites is 2. The highest BCUT2D eigenvalue weighted by Gasteiger charge is 2.54. The molecule has 2 aromatic carbocycles. The number of ether oxygens (including phenoxy) is 1. The minimum absolute atomic E-state index is 0.169. The monoisotopic (exact) mass is 472 g/mol. The van der Waals surface area contributed by atoms with E-state index in [0.29, 0.717) is 28.4 Å². The summed E-state index contributed by atoms with van der Waals surface area (Å²) in [7, 11) is 0. The van der Waals surface area contributed by atoms with Crippen molar-refractivity contribution in [1.82, 2.24) is 0 Å². The topological polar surface area (TPSA) is 32.8 Å². The molecule has 2 aromatic rings. The van der Waals surface area contributed by atoms with Gasteiger partial charge in [-0.1, -0.05) is 48.7 Å². The number of anilines is 2. The third-order valence-corrected chi connectivity index (χ3v) is 7.64. The molecule has 3 aliphatic rings. The van der Waals surface area contributed by atoms with E-state index >= 15 is 0 Å². The normalized spacial score (nSPS) is 19.0. The van der Waals surface area contributed by atoms with Crippen molar-refractivity contribution >= 4 is 40.5 Å². The van der Waals surface area contributed by atoms with Gasteiger partial charge in [0.1, 0.15) is 12.4 Å². The molecule has 2 fully saturated rings. The molecule has 2 aliphatic carbocycles. The molecular weight excluding hydrogens is 443 g/mol. The third-order valence-electron chi connectivity index (χ3n) is 6.99. The lowest BCUT2D eigenvalue weighted by Crippen LogP contribution is -2.48. The van der Waals surface area contributed by atoms with Gasteiger partial charge in [-0.25, -0.2) is 0 Å². The zero-order chi connectivity index (χ0) is 22.3. The molecule has 4 nitrogen and oxygen atoms in total. The molecule has 0 atom stereocenters. The van der Waals surface area contributed by atoms with E-state index in [1.165, 1.54) is 18.5 Å². The van der Waals surface area contributed by atoms with Gasteiger partial charge < -0.3 is 14.5 Å². The second kappa shape index (κ2) is 8.79. The Labute approximate surface area is 200 Å². The minimum atomic E-state index is -0.467. The van der Waals surface area contributed by atoms with Crippen molar-refractivity contribution in [2.24, 2.45) is 5.41 Å². The van der Waals surface area contributed by atoms with E-state index in [1.54, 1.807) is 6.07 Å². The first-order valence-electron chi connectivity index (χ1n) is 11.8. The fourth-order valence-corrected chi connectivity index (χ4v) is 5.16. The maximum absolute atomic E-state index is 13.7. The van der Waals surface area contributed by atoms with E-state index in [1.807, 2.05) is 17.0 Å². The van der Waals surface area contributed by atoms with Crippen LogP contribution in [0.2, 0.25) is 10.0 Å². The fourth-order valence-electron chi connectivity index (χ4n) is 4.67. The summed E-state index contributed by atoms with van der Waals surface area (Å²) in [6.07, 6.45) is 7.27.